The van der Waals surface area contributed by atoms with Crippen LogP contribution in [0.15, 0.2) is 53.4 Å². The molecule has 31 heavy (non-hydrogen) atoms. The summed E-state index contributed by atoms with van der Waals surface area (Å²) in [6.07, 6.45) is 0.328. The number of carboxylic acids is 1. The first kappa shape index (κ1) is 21.4. The van der Waals surface area contributed by atoms with Gasteiger partial charge < -0.3 is 9.84 Å². The summed E-state index contributed by atoms with van der Waals surface area (Å²) in [4.78, 5) is 11.9. The molecule has 1 aliphatic rings. The Labute approximate surface area is 184 Å². The number of aromatic carboxylic acids is 1. The van der Waals surface area contributed by atoms with Crippen molar-refractivity contribution in [3.05, 3.63) is 70.5 Å². The van der Waals surface area contributed by atoms with E-state index in [2.05, 4.69) is 5.10 Å². The first-order valence-corrected chi connectivity index (χ1v) is 11.5. The minimum Gasteiger partial charge on any atom is -0.494 e. The summed E-state index contributed by atoms with van der Waals surface area (Å²) in [6, 6.07) is 13.1. The van der Waals surface area contributed by atoms with Gasteiger partial charge in [0, 0.05) is 30.1 Å². The maximum atomic E-state index is 13.2. The van der Waals surface area contributed by atoms with Crippen molar-refractivity contribution in [2.24, 2.45) is 0 Å². The molecule has 2 heterocycles. The average Bonchev–Trinajstić information content (AvgIpc) is 3.14. The van der Waals surface area contributed by atoms with Gasteiger partial charge in [-0.3, -0.25) is 0 Å². The fourth-order valence-corrected chi connectivity index (χ4v) is 5.13. The molecule has 0 fully saturated rings. The molecule has 0 unspecified atom stereocenters. The van der Waals surface area contributed by atoms with Gasteiger partial charge in [0.15, 0.2) is 5.69 Å². The summed E-state index contributed by atoms with van der Waals surface area (Å²) >= 11 is 5.95. The molecule has 0 saturated carbocycles. The molecule has 0 bridgehead atoms. The summed E-state index contributed by atoms with van der Waals surface area (Å²) in [5, 5.41) is 14.5. The van der Waals surface area contributed by atoms with Crippen LogP contribution in [-0.2, 0) is 23.0 Å². The number of carbonyl (C=O) groups is 1. The zero-order chi connectivity index (χ0) is 22.2. The van der Waals surface area contributed by atoms with E-state index in [1.54, 1.807) is 41.1 Å². The molecule has 0 saturated heterocycles. The van der Waals surface area contributed by atoms with E-state index in [9.17, 15) is 18.3 Å². The van der Waals surface area contributed by atoms with Crippen molar-refractivity contribution in [1.82, 2.24) is 14.1 Å². The second kappa shape index (κ2) is 8.33. The summed E-state index contributed by atoms with van der Waals surface area (Å²) in [7, 11) is -3.81. The van der Waals surface area contributed by atoms with Gasteiger partial charge in [0.2, 0.25) is 10.0 Å². The van der Waals surface area contributed by atoms with Crippen LogP contribution in [0.2, 0.25) is 5.02 Å². The van der Waals surface area contributed by atoms with Crippen molar-refractivity contribution in [3.8, 4) is 11.4 Å². The van der Waals surface area contributed by atoms with Crippen LogP contribution < -0.4 is 4.74 Å². The Morgan fingerprint density at radius 3 is 2.45 bits per heavy atom. The van der Waals surface area contributed by atoms with Gasteiger partial charge in [-0.1, -0.05) is 11.6 Å². The summed E-state index contributed by atoms with van der Waals surface area (Å²) in [6.45, 7) is 2.47. The van der Waals surface area contributed by atoms with Gasteiger partial charge >= 0.3 is 5.97 Å². The van der Waals surface area contributed by atoms with E-state index >= 15 is 0 Å². The van der Waals surface area contributed by atoms with E-state index in [1.165, 1.54) is 16.4 Å². The van der Waals surface area contributed by atoms with Crippen LogP contribution >= 0.6 is 11.6 Å². The Hall–Kier alpha value is -2.88. The topological polar surface area (TPSA) is 102 Å². The van der Waals surface area contributed by atoms with Gasteiger partial charge in [0.05, 0.1) is 22.9 Å². The number of carboxylic acid groups (broad SMARTS) is 1. The average molecular weight is 462 g/mol. The molecule has 1 aliphatic heterocycles. The standard InChI is InChI=1S/C21H20ClN3O5S/c1-2-30-16-7-9-17(10-8-16)31(28,29)24-12-11-19-18(13-24)20(21(26)27)23-25(19)15-5-3-14(22)4-6-15/h3-10H,2,11-13H2,1H3,(H,26,27). The fraction of sp³-hybridized carbons (Fsp3) is 0.238. The number of rotatable bonds is 6. The lowest BCUT2D eigenvalue weighted by molar-refractivity contribution is 0.0688. The monoisotopic (exact) mass is 461 g/mol. The van der Waals surface area contributed by atoms with Crippen LogP contribution in [0, 0.1) is 0 Å². The third-order valence-corrected chi connectivity index (χ3v) is 7.18. The minimum atomic E-state index is -3.81. The van der Waals surface area contributed by atoms with Gasteiger partial charge in [-0.25, -0.2) is 17.9 Å². The molecule has 2 aromatic carbocycles. The Kier molecular flexibility index (Phi) is 5.74. The first-order valence-electron chi connectivity index (χ1n) is 9.64. The highest BCUT2D eigenvalue weighted by molar-refractivity contribution is 7.89. The Morgan fingerprint density at radius 1 is 1.16 bits per heavy atom. The van der Waals surface area contributed by atoms with Crippen LogP contribution in [0.1, 0.15) is 28.7 Å². The van der Waals surface area contributed by atoms with E-state index in [-0.39, 0.29) is 23.7 Å². The van der Waals surface area contributed by atoms with Crippen LogP contribution in [0.25, 0.3) is 5.69 Å². The molecule has 0 spiro atoms. The molecule has 4 rings (SSSR count). The normalized spacial score (nSPS) is 14.3. The van der Waals surface area contributed by atoms with Crippen LogP contribution in [0.5, 0.6) is 5.75 Å². The highest BCUT2D eigenvalue weighted by Crippen LogP contribution is 2.30. The number of nitrogens with zero attached hydrogens (tertiary/aromatic N) is 3. The van der Waals surface area contributed by atoms with E-state index in [4.69, 9.17) is 16.3 Å². The number of hydrogen-bond donors (Lipinski definition) is 1. The second-order valence-corrected chi connectivity index (χ2v) is 9.33. The molecule has 8 nitrogen and oxygen atoms in total. The maximum Gasteiger partial charge on any atom is 0.356 e. The Bertz CT molecular complexity index is 1220. The fourth-order valence-electron chi connectivity index (χ4n) is 3.59. The maximum absolute atomic E-state index is 13.2. The summed E-state index contributed by atoms with van der Waals surface area (Å²) in [5.41, 5.74) is 1.58. The predicted molar refractivity (Wildman–Crippen MR) is 114 cm³/mol. The molecule has 0 amide bonds. The molecule has 0 aliphatic carbocycles. The number of aromatic nitrogens is 2. The van der Waals surface area contributed by atoms with Crippen LogP contribution in [-0.4, -0.2) is 46.7 Å². The molecule has 0 atom stereocenters. The number of sulfonamides is 1. The third kappa shape index (κ3) is 4.04. The van der Waals surface area contributed by atoms with E-state index in [0.717, 1.165) is 0 Å². The van der Waals surface area contributed by atoms with Crippen molar-refractivity contribution in [1.29, 1.82) is 0 Å². The van der Waals surface area contributed by atoms with Gasteiger partial charge in [-0.15, -0.1) is 0 Å². The van der Waals surface area contributed by atoms with Gasteiger partial charge in [0.25, 0.3) is 0 Å². The van der Waals surface area contributed by atoms with Crippen molar-refractivity contribution >= 4 is 27.6 Å². The molecule has 0 radical (unpaired) electrons. The van der Waals surface area contributed by atoms with Crippen molar-refractivity contribution in [2.75, 3.05) is 13.2 Å². The number of benzene rings is 2. The number of halogens is 1. The molecular formula is C21H20ClN3O5S. The number of hydrogen-bond acceptors (Lipinski definition) is 5. The van der Waals surface area contributed by atoms with Gasteiger partial charge in [0.1, 0.15) is 5.75 Å². The molecular weight excluding hydrogens is 442 g/mol. The quantitative estimate of drug-likeness (QED) is 0.603. The zero-order valence-electron chi connectivity index (χ0n) is 16.7. The number of ether oxygens (including phenoxy) is 1. The van der Waals surface area contributed by atoms with Gasteiger partial charge in [-0.05, 0) is 55.5 Å². The largest absolute Gasteiger partial charge is 0.494 e. The molecule has 162 valence electrons. The smallest absolute Gasteiger partial charge is 0.356 e. The van der Waals surface area contributed by atoms with Gasteiger partial charge in [-0.2, -0.15) is 9.40 Å². The first-order chi connectivity index (χ1) is 14.8. The Balaban J connectivity index is 1.69. The van der Waals surface area contributed by atoms with E-state index < -0.39 is 16.0 Å². The van der Waals surface area contributed by atoms with Crippen molar-refractivity contribution in [3.63, 3.8) is 0 Å². The summed E-state index contributed by atoms with van der Waals surface area (Å²) in [5.74, 6) is -0.621. The third-order valence-electron chi connectivity index (χ3n) is 5.07. The minimum absolute atomic E-state index is 0.0693. The molecule has 3 aromatic rings. The SMILES string of the molecule is CCOc1ccc(S(=O)(=O)N2CCc3c(c(C(=O)O)nn3-c3ccc(Cl)cc3)C2)cc1. The highest BCUT2D eigenvalue weighted by Gasteiger charge is 2.34. The second-order valence-electron chi connectivity index (χ2n) is 6.96. The summed E-state index contributed by atoms with van der Waals surface area (Å²) < 4.78 is 34.5. The van der Waals surface area contributed by atoms with Crippen molar-refractivity contribution in [2.45, 2.75) is 24.8 Å². The lowest BCUT2D eigenvalue weighted by Crippen LogP contribution is -2.36. The van der Waals surface area contributed by atoms with E-state index in [1.807, 2.05) is 6.92 Å². The van der Waals surface area contributed by atoms with Crippen LogP contribution in [0.4, 0.5) is 0 Å². The molecule has 1 aromatic heterocycles. The predicted octanol–water partition coefficient (Wildman–Crippen LogP) is 3.37. The lowest BCUT2D eigenvalue weighted by atomic mass is 10.1. The number of fused-ring (bicyclic) bond motifs is 1. The lowest BCUT2D eigenvalue weighted by Gasteiger charge is -2.27. The zero-order valence-corrected chi connectivity index (χ0v) is 18.2. The molecule has 10 heteroatoms. The van der Waals surface area contributed by atoms with Crippen LogP contribution in [0.3, 0.4) is 0 Å². The van der Waals surface area contributed by atoms with E-state index in [0.29, 0.717) is 40.7 Å². The molecule has 1 N–H and O–H groups in total. The van der Waals surface area contributed by atoms with Crippen molar-refractivity contribution < 1.29 is 23.1 Å². The Morgan fingerprint density at radius 2 is 1.84 bits per heavy atom. The highest BCUT2D eigenvalue weighted by atomic mass is 35.5.